The minimum absolute atomic E-state index is 0.0160. The Morgan fingerprint density at radius 2 is 1.68 bits per heavy atom. The monoisotopic (exact) mass is 391 g/mol. The molecule has 0 atom stereocenters. The van der Waals surface area contributed by atoms with Gasteiger partial charge in [-0.3, -0.25) is 9.52 Å². The Bertz CT molecular complexity index is 1160. The topological polar surface area (TPSA) is 99.1 Å². The van der Waals surface area contributed by atoms with Crippen LogP contribution in [0.2, 0.25) is 0 Å². The van der Waals surface area contributed by atoms with Crippen molar-refractivity contribution in [3.63, 3.8) is 0 Å². The van der Waals surface area contributed by atoms with Crippen molar-refractivity contribution in [3.8, 4) is 6.07 Å². The highest BCUT2D eigenvalue weighted by Gasteiger charge is 2.16. The molecule has 3 aromatic rings. The predicted octanol–water partition coefficient (Wildman–Crippen LogP) is 3.92. The molecule has 28 heavy (non-hydrogen) atoms. The van der Waals surface area contributed by atoms with E-state index in [1.807, 2.05) is 31.2 Å². The van der Waals surface area contributed by atoms with Crippen LogP contribution in [0.15, 0.2) is 77.7 Å². The maximum absolute atomic E-state index is 12.5. The van der Waals surface area contributed by atoms with Gasteiger partial charge in [-0.05, 0) is 61.0 Å². The fraction of sp³-hybridized carbons (Fsp3) is 0.0476. The van der Waals surface area contributed by atoms with Gasteiger partial charge in [0.2, 0.25) is 0 Å². The van der Waals surface area contributed by atoms with Crippen molar-refractivity contribution in [3.05, 3.63) is 89.5 Å². The molecule has 1 amide bonds. The number of amides is 1. The summed E-state index contributed by atoms with van der Waals surface area (Å²) in [6.07, 6.45) is 0. The molecule has 0 aromatic heterocycles. The molecule has 6 nitrogen and oxygen atoms in total. The summed E-state index contributed by atoms with van der Waals surface area (Å²) in [6, 6.07) is 21.2. The predicted molar refractivity (Wildman–Crippen MR) is 108 cm³/mol. The highest BCUT2D eigenvalue weighted by Crippen LogP contribution is 2.19. The van der Waals surface area contributed by atoms with Crippen molar-refractivity contribution in [1.29, 1.82) is 5.26 Å². The molecule has 0 saturated carbocycles. The molecule has 2 N–H and O–H groups in total. The first-order valence-electron chi connectivity index (χ1n) is 8.39. The molecule has 0 radical (unpaired) electrons. The number of hydrogen-bond donors (Lipinski definition) is 2. The highest BCUT2D eigenvalue weighted by atomic mass is 32.2. The van der Waals surface area contributed by atoms with Crippen LogP contribution < -0.4 is 10.0 Å². The van der Waals surface area contributed by atoms with Gasteiger partial charge in [-0.2, -0.15) is 5.26 Å². The Kier molecular flexibility index (Phi) is 5.43. The number of sulfonamides is 1. The maximum atomic E-state index is 12.5. The van der Waals surface area contributed by atoms with E-state index in [-0.39, 0.29) is 10.8 Å². The maximum Gasteiger partial charge on any atom is 0.261 e. The van der Waals surface area contributed by atoms with E-state index in [1.54, 1.807) is 24.3 Å². The summed E-state index contributed by atoms with van der Waals surface area (Å²) >= 11 is 0. The summed E-state index contributed by atoms with van der Waals surface area (Å²) in [6.45, 7) is 1.89. The van der Waals surface area contributed by atoms with Crippen molar-refractivity contribution >= 4 is 27.3 Å². The average Bonchev–Trinajstić information content (AvgIpc) is 2.69. The summed E-state index contributed by atoms with van der Waals surface area (Å²) in [5, 5.41) is 11.7. The van der Waals surface area contributed by atoms with Crippen molar-refractivity contribution < 1.29 is 13.2 Å². The van der Waals surface area contributed by atoms with Gasteiger partial charge in [0.05, 0.1) is 22.2 Å². The Morgan fingerprint density at radius 1 is 0.964 bits per heavy atom. The van der Waals surface area contributed by atoms with Crippen LogP contribution in [0.5, 0.6) is 0 Å². The zero-order valence-electron chi connectivity index (χ0n) is 15.0. The van der Waals surface area contributed by atoms with Crippen LogP contribution in [0.3, 0.4) is 0 Å². The van der Waals surface area contributed by atoms with E-state index in [2.05, 4.69) is 10.0 Å². The minimum Gasteiger partial charge on any atom is -0.322 e. The second-order valence-corrected chi connectivity index (χ2v) is 7.77. The Labute approximate surface area is 163 Å². The van der Waals surface area contributed by atoms with Crippen LogP contribution in [-0.4, -0.2) is 14.3 Å². The SMILES string of the molecule is Cc1ccccc1NC(=O)c1ccc(S(=O)(=O)Nc2cccc(C#N)c2)cc1. The molecule has 7 heteroatoms. The van der Waals surface area contributed by atoms with Gasteiger partial charge in [0.25, 0.3) is 15.9 Å². The van der Waals surface area contributed by atoms with Gasteiger partial charge in [-0.25, -0.2) is 8.42 Å². The fourth-order valence-electron chi connectivity index (χ4n) is 2.56. The third-order valence-corrected chi connectivity index (χ3v) is 5.46. The van der Waals surface area contributed by atoms with E-state index in [1.165, 1.54) is 30.3 Å². The molecule has 0 unspecified atom stereocenters. The second kappa shape index (κ2) is 7.94. The van der Waals surface area contributed by atoms with Crippen molar-refractivity contribution in [2.75, 3.05) is 10.0 Å². The van der Waals surface area contributed by atoms with Crippen molar-refractivity contribution in [2.24, 2.45) is 0 Å². The standard InChI is InChI=1S/C21H17N3O3S/c1-15-5-2-3-8-20(15)23-21(25)17-9-11-19(12-10-17)28(26,27)24-18-7-4-6-16(13-18)14-22/h2-13,24H,1H3,(H,23,25). The lowest BCUT2D eigenvalue weighted by Gasteiger charge is -2.10. The normalized spacial score (nSPS) is 10.7. The number of carbonyl (C=O) groups excluding carboxylic acids is 1. The summed E-state index contributed by atoms with van der Waals surface area (Å²) in [7, 11) is -3.84. The zero-order valence-corrected chi connectivity index (χ0v) is 15.8. The van der Waals surface area contributed by atoms with Gasteiger partial charge in [-0.15, -0.1) is 0 Å². The number of anilines is 2. The molecule has 0 fully saturated rings. The molecule has 0 aliphatic rings. The molecule has 0 aliphatic carbocycles. The van der Waals surface area contributed by atoms with Gasteiger partial charge in [0.15, 0.2) is 0 Å². The highest BCUT2D eigenvalue weighted by molar-refractivity contribution is 7.92. The number of nitrogens with one attached hydrogen (secondary N) is 2. The molecular weight excluding hydrogens is 374 g/mol. The number of nitriles is 1. The summed E-state index contributed by atoms with van der Waals surface area (Å²) < 4.78 is 27.5. The number of aryl methyl sites for hydroxylation is 1. The molecule has 0 aliphatic heterocycles. The van der Waals surface area contributed by atoms with Crippen LogP contribution in [0.25, 0.3) is 0 Å². The van der Waals surface area contributed by atoms with E-state index in [9.17, 15) is 13.2 Å². The number of rotatable bonds is 5. The Balaban J connectivity index is 1.76. The first kappa shape index (κ1) is 19.1. The van der Waals surface area contributed by atoms with Gasteiger partial charge >= 0.3 is 0 Å². The average molecular weight is 391 g/mol. The minimum atomic E-state index is -3.84. The Hall–Kier alpha value is -3.63. The molecule has 0 spiro atoms. The van der Waals surface area contributed by atoms with Gasteiger partial charge in [0.1, 0.15) is 0 Å². The zero-order chi connectivity index (χ0) is 20.1. The summed E-state index contributed by atoms with van der Waals surface area (Å²) in [5.41, 5.74) is 2.61. The second-order valence-electron chi connectivity index (χ2n) is 6.09. The summed E-state index contributed by atoms with van der Waals surface area (Å²) in [5.74, 6) is -0.326. The molecule has 0 heterocycles. The van der Waals surface area contributed by atoms with E-state index >= 15 is 0 Å². The summed E-state index contributed by atoms with van der Waals surface area (Å²) in [4.78, 5) is 12.4. The fourth-order valence-corrected chi connectivity index (χ4v) is 3.61. The molecule has 3 aromatic carbocycles. The Morgan fingerprint density at radius 3 is 2.36 bits per heavy atom. The molecule has 0 bridgehead atoms. The van der Waals surface area contributed by atoms with Crippen molar-refractivity contribution in [1.82, 2.24) is 0 Å². The van der Waals surface area contributed by atoms with Crippen molar-refractivity contribution in [2.45, 2.75) is 11.8 Å². The van der Waals surface area contributed by atoms with Crippen LogP contribution in [0.4, 0.5) is 11.4 Å². The largest absolute Gasteiger partial charge is 0.322 e. The molecule has 140 valence electrons. The van der Waals surface area contributed by atoms with Gasteiger partial charge in [0, 0.05) is 11.3 Å². The molecule has 3 rings (SSSR count). The van der Waals surface area contributed by atoms with Crippen LogP contribution in [-0.2, 0) is 10.0 Å². The van der Waals surface area contributed by atoms with Crippen LogP contribution in [0.1, 0.15) is 21.5 Å². The number of carbonyl (C=O) groups is 1. The van der Waals surface area contributed by atoms with Gasteiger partial charge < -0.3 is 5.32 Å². The lowest BCUT2D eigenvalue weighted by Crippen LogP contribution is -2.15. The molecule has 0 saturated heterocycles. The van der Waals surface area contributed by atoms with E-state index in [0.29, 0.717) is 22.5 Å². The number of hydrogen-bond acceptors (Lipinski definition) is 4. The lowest BCUT2D eigenvalue weighted by molar-refractivity contribution is 0.102. The van der Waals surface area contributed by atoms with Crippen LogP contribution in [0, 0.1) is 18.3 Å². The van der Waals surface area contributed by atoms with Crippen LogP contribution >= 0.6 is 0 Å². The van der Waals surface area contributed by atoms with E-state index in [4.69, 9.17) is 5.26 Å². The first-order valence-corrected chi connectivity index (χ1v) is 9.87. The lowest BCUT2D eigenvalue weighted by atomic mass is 10.1. The number of para-hydroxylation sites is 1. The third-order valence-electron chi connectivity index (χ3n) is 4.06. The third kappa shape index (κ3) is 4.37. The smallest absolute Gasteiger partial charge is 0.261 e. The number of benzene rings is 3. The van der Waals surface area contributed by atoms with Gasteiger partial charge in [-0.1, -0.05) is 24.3 Å². The van der Waals surface area contributed by atoms with E-state index in [0.717, 1.165) is 5.56 Å². The quantitative estimate of drug-likeness (QED) is 0.688. The first-order chi connectivity index (χ1) is 13.4. The number of nitrogens with zero attached hydrogens (tertiary/aromatic N) is 1. The van der Waals surface area contributed by atoms with E-state index < -0.39 is 10.0 Å². The molecular formula is C21H17N3O3S.